The first kappa shape index (κ1) is 19.7. The summed E-state index contributed by atoms with van der Waals surface area (Å²) in [6.45, 7) is 2.96. The third-order valence-corrected chi connectivity index (χ3v) is 4.84. The highest BCUT2D eigenvalue weighted by Crippen LogP contribution is 2.25. The van der Waals surface area contributed by atoms with Gasteiger partial charge in [0, 0.05) is 17.4 Å². The van der Waals surface area contributed by atoms with E-state index >= 15 is 0 Å². The summed E-state index contributed by atoms with van der Waals surface area (Å²) in [5.74, 6) is 0.345. The molecule has 8 heteroatoms. The monoisotopic (exact) mass is 421 g/mol. The minimum Gasteiger partial charge on any atom is -0.490 e. The normalized spacial score (nSPS) is 10.7. The molecule has 0 aliphatic heterocycles. The highest BCUT2D eigenvalue weighted by atomic mass is 35.5. The zero-order valence-electron chi connectivity index (χ0n) is 16.3. The predicted molar refractivity (Wildman–Crippen MR) is 115 cm³/mol. The maximum absolute atomic E-state index is 12.9. The summed E-state index contributed by atoms with van der Waals surface area (Å²) in [4.78, 5) is 16.9. The van der Waals surface area contributed by atoms with Gasteiger partial charge in [-0.15, -0.1) is 0 Å². The van der Waals surface area contributed by atoms with Gasteiger partial charge >= 0.3 is 0 Å². The lowest BCUT2D eigenvalue weighted by Gasteiger charge is -2.13. The second-order valence-electron chi connectivity index (χ2n) is 6.63. The van der Waals surface area contributed by atoms with Crippen LogP contribution in [0.2, 0.25) is 5.02 Å². The summed E-state index contributed by atoms with van der Waals surface area (Å²) in [5.41, 5.74) is 2.58. The Kier molecular flexibility index (Phi) is 5.81. The number of hydrogen-bond acceptors (Lipinski definition) is 4. The van der Waals surface area contributed by atoms with Crippen molar-refractivity contribution in [1.29, 1.82) is 0 Å². The van der Waals surface area contributed by atoms with Crippen LogP contribution >= 0.6 is 11.6 Å². The average Bonchev–Trinajstić information content (AvgIpc) is 3.39. The molecule has 1 N–H and O–H groups in total. The molecule has 0 aliphatic carbocycles. The second-order valence-corrected chi connectivity index (χ2v) is 7.07. The second kappa shape index (κ2) is 8.84. The number of para-hydroxylation sites is 2. The van der Waals surface area contributed by atoms with Crippen molar-refractivity contribution in [3.63, 3.8) is 0 Å². The molecule has 30 heavy (non-hydrogen) atoms. The summed E-state index contributed by atoms with van der Waals surface area (Å²) in [5, 5.41) is 7.88. The van der Waals surface area contributed by atoms with Crippen molar-refractivity contribution in [3.8, 4) is 11.4 Å². The van der Waals surface area contributed by atoms with Crippen LogP contribution in [0.4, 0.5) is 5.69 Å². The Labute approximate surface area is 178 Å². The molecule has 0 saturated heterocycles. The molecule has 4 rings (SSSR count). The van der Waals surface area contributed by atoms with Gasteiger partial charge in [0.2, 0.25) is 0 Å². The number of rotatable bonds is 7. The van der Waals surface area contributed by atoms with E-state index in [9.17, 15) is 4.79 Å². The average molecular weight is 422 g/mol. The number of hydrogen-bond donors (Lipinski definition) is 1. The van der Waals surface area contributed by atoms with Gasteiger partial charge in [-0.3, -0.25) is 4.79 Å². The Balaban J connectivity index is 1.48. The van der Waals surface area contributed by atoms with E-state index in [0.717, 1.165) is 5.69 Å². The van der Waals surface area contributed by atoms with Gasteiger partial charge in [-0.05, 0) is 37.3 Å². The van der Waals surface area contributed by atoms with Crippen molar-refractivity contribution in [1.82, 2.24) is 19.3 Å². The molecular formula is C22H20ClN5O2. The Morgan fingerprint density at radius 3 is 2.87 bits per heavy atom. The van der Waals surface area contributed by atoms with Gasteiger partial charge in [-0.1, -0.05) is 29.8 Å². The number of nitrogens with zero attached hydrogens (tertiary/aromatic N) is 4. The van der Waals surface area contributed by atoms with Crippen molar-refractivity contribution in [2.75, 3.05) is 11.9 Å². The number of imidazole rings is 1. The van der Waals surface area contributed by atoms with E-state index in [1.807, 2.05) is 48.0 Å². The molecule has 0 unspecified atom stereocenters. The molecule has 0 bridgehead atoms. The van der Waals surface area contributed by atoms with Gasteiger partial charge in [0.25, 0.3) is 5.91 Å². The summed E-state index contributed by atoms with van der Waals surface area (Å²) in [6, 6.07) is 14.7. The SMILES string of the molecule is Cc1c(C(=O)Nc2ccccc2OCCn2ccnc2)cnn1-c1cccc(Cl)c1. The van der Waals surface area contributed by atoms with Gasteiger partial charge in [-0.25, -0.2) is 9.67 Å². The number of halogens is 1. The first-order chi connectivity index (χ1) is 14.6. The highest BCUT2D eigenvalue weighted by molar-refractivity contribution is 6.30. The Morgan fingerprint density at radius 1 is 1.20 bits per heavy atom. The molecule has 4 aromatic rings. The molecular weight excluding hydrogens is 402 g/mol. The first-order valence-electron chi connectivity index (χ1n) is 9.41. The molecule has 0 radical (unpaired) electrons. The lowest BCUT2D eigenvalue weighted by molar-refractivity contribution is 0.102. The van der Waals surface area contributed by atoms with Crippen LogP contribution in [0.15, 0.2) is 73.4 Å². The molecule has 1 amide bonds. The zero-order valence-corrected chi connectivity index (χ0v) is 17.1. The van der Waals surface area contributed by atoms with E-state index in [-0.39, 0.29) is 5.91 Å². The van der Waals surface area contributed by atoms with Crippen molar-refractivity contribution >= 4 is 23.2 Å². The molecule has 2 aromatic heterocycles. The maximum atomic E-state index is 12.9. The van der Waals surface area contributed by atoms with Gasteiger partial charge in [0.05, 0.1) is 41.7 Å². The minimum atomic E-state index is -0.258. The Bertz CT molecular complexity index is 1150. The lowest BCUT2D eigenvalue weighted by atomic mass is 10.2. The maximum Gasteiger partial charge on any atom is 0.259 e. The van der Waals surface area contributed by atoms with Gasteiger partial charge in [-0.2, -0.15) is 5.10 Å². The zero-order chi connectivity index (χ0) is 20.9. The van der Waals surface area contributed by atoms with Crippen LogP contribution in [-0.4, -0.2) is 31.8 Å². The van der Waals surface area contributed by atoms with Crippen LogP contribution in [0.5, 0.6) is 5.75 Å². The van der Waals surface area contributed by atoms with Crippen LogP contribution in [0, 0.1) is 6.92 Å². The number of anilines is 1. The third kappa shape index (κ3) is 4.36. The predicted octanol–water partition coefficient (Wildman–Crippen LogP) is 4.36. The van der Waals surface area contributed by atoms with Crippen LogP contribution in [0.1, 0.15) is 16.1 Å². The summed E-state index contributed by atoms with van der Waals surface area (Å²) in [7, 11) is 0. The number of aromatic nitrogens is 4. The molecule has 0 aliphatic rings. The van der Waals surface area contributed by atoms with E-state index in [1.54, 1.807) is 41.6 Å². The van der Waals surface area contributed by atoms with Gasteiger partial charge in [0.1, 0.15) is 12.4 Å². The van der Waals surface area contributed by atoms with E-state index in [4.69, 9.17) is 16.3 Å². The summed E-state index contributed by atoms with van der Waals surface area (Å²) >= 11 is 6.08. The van der Waals surface area contributed by atoms with Crippen LogP contribution in [-0.2, 0) is 6.54 Å². The Morgan fingerprint density at radius 2 is 2.07 bits per heavy atom. The number of amides is 1. The highest BCUT2D eigenvalue weighted by Gasteiger charge is 2.17. The van der Waals surface area contributed by atoms with Crippen molar-refractivity contribution < 1.29 is 9.53 Å². The molecule has 0 fully saturated rings. The smallest absolute Gasteiger partial charge is 0.259 e. The fourth-order valence-corrected chi connectivity index (χ4v) is 3.25. The molecule has 2 aromatic carbocycles. The van der Waals surface area contributed by atoms with Crippen molar-refractivity contribution in [2.45, 2.75) is 13.5 Å². The number of ether oxygens (including phenoxy) is 1. The number of benzene rings is 2. The third-order valence-electron chi connectivity index (χ3n) is 4.61. The number of nitrogens with one attached hydrogen (secondary N) is 1. The van der Waals surface area contributed by atoms with Gasteiger partial charge < -0.3 is 14.6 Å². The number of carbonyl (C=O) groups is 1. The minimum absolute atomic E-state index is 0.258. The van der Waals surface area contributed by atoms with Crippen LogP contribution in [0.25, 0.3) is 5.69 Å². The van der Waals surface area contributed by atoms with E-state index in [2.05, 4.69) is 15.4 Å². The molecule has 152 valence electrons. The van der Waals surface area contributed by atoms with E-state index in [0.29, 0.717) is 40.9 Å². The fraction of sp³-hybridized carbons (Fsp3) is 0.136. The van der Waals surface area contributed by atoms with Crippen molar-refractivity contribution in [3.05, 3.63) is 89.7 Å². The van der Waals surface area contributed by atoms with E-state index in [1.165, 1.54) is 0 Å². The van der Waals surface area contributed by atoms with Crippen LogP contribution < -0.4 is 10.1 Å². The molecule has 7 nitrogen and oxygen atoms in total. The van der Waals surface area contributed by atoms with Crippen molar-refractivity contribution in [2.24, 2.45) is 0 Å². The first-order valence-corrected chi connectivity index (χ1v) is 9.79. The molecule has 0 spiro atoms. The van der Waals surface area contributed by atoms with Crippen LogP contribution in [0.3, 0.4) is 0 Å². The Hall–Kier alpha value is -3.58. The molecule has 2 heterocycles. The quantitative estimate of drug-likeness (QED) is 0.481. The largest absolute Gasteiger partial charge is 0.490 e. The summed E-state index contributed by atoms with van der Waals surface area (Å²) < 4.78 is 9.48. The number of carbonyl (C=O) groups excluding carboxylic acids is 1. The standard InChI is InChI=1S/C22H20ClN5O2/c1-16-19(14-25-28(16)18-6-4-5-17(23)13-18)22(29)26-20-7-2-3-8-21(20)30-12-11-27-10-9-24-15-27/h2-10,13-15H,11-12H2,1H3,(H,26,29). The topological polar surface area (TPSA) is 74.0 Å². The molecule has 0 saturated carbocycles. The fourth-order valence-electron chi connectivity index (χ4n) is 3.07. The summed E-state index contributed by atoms with van der Waals surface area (Å²) in [6.07, 6.45) is 6.88. The van der Waals surface area contributed by atoms with Gasteiger partial charge in [0.15, 0.2) is 0 Å². The van der Waals surface area contributed by atoms with E-state index < -0.39 is 0 Å². The molecule has 0 atom stereocenters. The lowest BCUT2D eigenvalue weighted by Crippen LogP contribution is -2.15.